The number of hydrogen-bond donors (Lipinski definition) is 0. The molecule has 4 rings (SSSR count). The highest BCUT2D eigenvalue weighted by Gasteiger charge is 2.22. The maximum atomic E-state index is 14.4. The standard InChI is InChI=1S/C20H10F4S2/c21-17(15-9-11-5-1-3-7-13(11)25-15)19(23)20(24)18(22)16-10-12-6-2-4-8-14(12)26-16/h1-10H/b19-17-,20-18+. The summed E-state index contributed by atoms with van der Waals surface area (Å²) in [5, 5.41) is 1.43. The van der Waals surface area contributed by atoms with Gasteiger partial charge in [-0.1, -0.05) is 36.4 Å². The number of halogens is 4. The molecule has 0 N–H and O–H groups in total. The zero-order valence-electron chi connectivity index (χ0n) is 13.1. The predicted octanol–water partition coefficient (Wildman–Crippen LogP) is 8.03. The van der Waals surface area contributed by atoms with Crippen molar-refractivity contribution in [2.75, 3.05) is 0 Å². The lowest BCUT2D eigenvalue weighted by Crippen LogP contribution is -1.84. The Kier molecular flexibility index (Phi) is 4.38. The van der Waals surface area contributed by atoms with Gasteiger partial charge in [0.25, 0.3) is 0 Å². The molecule has 0 aliphatic heterocycles. The van der Waals surface area contributed by atoms with Crippen molar-refractivity contribution >= 4 is 54.5 Å². The average Bonchev–Trinajstić information content (AvgIpc) is 3.29. The summed E-state index contributed by atoms with van der Waals surface area (Å²) in [6, 6.07) is 16.9. The molecule has 0 unspecified atom stereocenters. The lowest BCUT2D eigenvalue weighted by Gasteiger charge is -1.99. The van der Waals surface area contributed by atoms with Crippen LogP contribution in [0.4, 0.5) is 17.6 Å². The second-order valence-corrected chi connectivity index (χ2v) is 7.72. The number of thiophene rings is 2. The molecule has 0 fully saturated rings. The van der Waals surface area contributed by atoms with Gasteiger partial charge in [-0.25, -0.2) is 17.6 Å². The molecule has 0 spiro atoms. The van der Waals surface area contributed by atoms with Crippen LogP contribution >= 0.6 is 22.7 Å². The van der Waals surface area contributed by atoms with E-state index in [1.807, 2.05) is 0 Å². The normalized spacial score (nSPS) is 13.8. The van der Waals surface area contributed by atoms with Gasteiger partial charge in [-0.05, 0) is 35.0 Å². The Bertz CT molecular complexity index is 1020. The Morgan fingerprint density at radius 2 is 0.962 bits per heavy atom. The minimum Gasteiger partial charge on any atom is -0.202 e. The maximum Gasteiger partial charge on any atom is 0.198 e. The van der Waals surface area contributed by atoms with Crippen molar-refractivity contribution in [3.63, 3.8) is 0 Å². The van der Waals surface area contributed by atoms with Gasteiger partial charge in [0.05, 0.1) is 9.75 Å². The van der Waals surface area contributed by atoms with Gasteiger partial charge in [0, 0.05) is 9.40 Å². The fourth-order valence-electron chi connectivity index (χ4n) is 2.59. The Morgan fingerprint density at radius 3 is 1.35 bits per heavy atom. The summed E-state index contributed by atoms with van der Waals surface area (Å²) < 4.78 is 58.7. The minimum atomic E-state index is -1.83. The van der Waals surface area contributed by atoms with Crippen LogP contribution in [0.2, 0.25) is 0 Å². The highest BCUT2D eigenvalue weighted by Crippen LogP contribution is 2.39. The highest BCUT2D eigenvalue weighted by molar-refractivity contribution is 7.20. The van der Waals surface area contributed by atoms with E-state index in [2.05, 4.69) is 0 Å². The number of fused-ring (bicyclic) bond motifs is 2. The molecular formula is C20H10F4S2. The van der Waals surface area contributed by atoms with Crippen molar-refractivity contribution in [1.29, 1.82) is 0 Å². The molecule has 0 saturated carbocycles. The zero-order chi connectivity index (χ0) is 18.3. The number of rotatable bonds is 3. The van der Waals surface area contributed by atoms with Gasteiger partial charge in [0.15, 0.2) is 23.3 Å². The van der Waals surface area contributed by atoms with Crippen LogP contribution in [0.25, 0.3) is 31.8 Å². The Hall–Kier alpha value is -2.44. The topological polar surface area (TPSA) is 0 Å². The highest BCUT2D eigenvalue weighted by atomic mass is 32.1. The Labute approximate surface area is 154 Å². The van der Waals surface area contributed by atoms with E-state index < -0.39 is 23.3 Å². The van der Waals surface area contributed by atoms with Crippen molar-refractivity contribution < 1.29 is 17.6 Å². The van der Waals surface area contributed by atoms with E-state index in [9.17, 15) is 17.6 Å². The molecule has 2 aromatic heterocycles. The molecule has 0 bridgehead atoms. The zero-order valence-corrected chi connectivity index (χ0v) is 14.7. The van der Waals surface area contributed by atoms with Gasteiger partial charge >= 0.3 is 0 Å². The first kappa shape index (κ1) is 17.0. The van der Waals surface area contributed by atoms with Crippen molar-refractivity contribution in [2.24, 2.45) is 0 Å². The molecule has 0 radical (unpaired) electrons. The first-order chi connectivity index (χ1) is 12.5. The summed E-state index contributed by atoms with van der Waals surface area (Å²) in [7, 11) is 0. The molecule has 2 aromatic carbocycles. The van der Waals surface area contributed by atoms with E-state index in [-0.39, 0.29) is 9.75 Å². The van der Waals surface area contributed by atoms with Crippen LogP contribution in [0.5, 0.6) is 0 Å². The van der Waals surface area contributed by atoms with Crippen molar-refractivity contribution in [3.05, 3.63) is 82.1 Å². The van der Waals surface area contributed by atoms with E-state index in [4.69, 9.17) is 0 Å². The molecule has 0 atom stereocenters. The lowest BCUT2D eigenvalue weighted by molar-refractivity contribution is 0.520. The molecule has 0 nitrogen and oxygen atoms in total. The summed E-state index contributed by atoms with van der Waals surface area (Å²) in [6.45, 7) is 0. The van der Waals surface area contributed by atoms with E-state index in [0.717, 1.165) is 32.1 Å². The predicted molar refractivity (Wildman–Crippen MR) is 102 cm³/mol. The third-order valence-corrected chi connectivity index (χ3v) is 6.08. The van der Waals surface area contributed by atoms with E-state index in [1.165, 1.54) is 12.1 Å². The largest absolute Gasteiger partial charge is 0.202 e. The van der Waals surface area contributed by atoms with Gasteiger partial charge in [0.1, 0.15) is 0 Å². The Morgan fingerprint density at radius 1 is 0.577 bits per heavy atom. The molecule has 130 valence electrons. The smallest absolute Gasteiger partial charge is 0.198 e. The van der Waals surface area contributed by atoms with Crippen molar-refractivity contribution in [3.8, 4) is 0 Å². The van der Waals surface area contributed by atoms with Gasteiger partial charge in [-0.3, -0.25) is 0 Å². The summed E-state index contributed by atoms with van der Waals surface area (Å²) in [6.07, 6.45) is 0. The molecule has 4 aromatic rings. The summed E-state index contributed by atoms with van der Waals surface area (Å²) in [5.41, 5.74) is 0. The van der Waals surface area contributed by atoms with Crippen LogP contribution in [-0.4, -0.2) is 0 Å². The van der Waals surface area contributed by atoms with Crippen LogP contribution in [-0.2, 0) is 0 Å². The van der Waals surface area contributed by atoms with E-state index in [0.29, 0.717) is 10.8 Å². The SMILES string of the molecule is FC(=C(\F)c1cc2ccccc2s1)/C(F)=C(\F)c1cc2ccccc2s1. The molecule has 0 aliphatic rings. The summed E-state index contributed by atoms with van der Waals surface area (Å²) >= 11 is 1.96. The first-order valence-electron chi connectivity index (χ1n) is 7.63. The van der Waals surface area contributed by atoms with Crippen LogP contribution in [0, 0.1) is 0 Å². The third kappa shape index (κ3) is 2.95. The number of allylic oxidation sites excluding steroid dienone is 2. The van der Waals surface area contributed by atoms with Crippen LogP contribution in [0.15, 0.2) is 72.3 Å². The van der Waals surface area contributed by atoms with Gasteiger partial charge in [-0.2, -0.15) is 0 Å². The number of benzene rings is 2. The Balaban J connectivity index is 1.77. The van der Waals surface area contributed by atoms with E-state index >= 15 is 0 Å². The monoisotopic (exact) mass is 390 g/mol. The second kappa shape index (κ2) is 6.70. The quantitative estimate of drug-likeness (QED) is 0.245. The van der Waals surface area contributed by atoms with Gasteiger partial charge < -0.3 is 0 Å². The van der Waals surface area contributed by atoms with Crippen molar-refractivity contribution in [2.45, 2.75) is 0 Å². The fourth-order valence-corrected chi connectivity index (χ4v) is 4.58. The summed E-state index contributed by atoms with van der Waals surface area (Å²) in [4.78, 5) is -0.161. The van der Waals surface area contributed by atoms with Crippen LogP contribution < -0.4 is 0 Å². The molecule has 2 heterocycles. The van der Waals surface area contributed by atoms with E-state index in [1.54, 1.807) is 48.5 Å². The van der Waals surface area contributed by atoms with Crippen LogP contribution in [0.3, 0.4) is 0 Å². The summed E-state index contributed by atoms with van der Waals surface area (Å²) in [5.74, 6) is -6.46. The minimum absolute atomic E-state index is 0.0806. The molecule has 0 amide bonds. The first-order valence-corrected chi connectivity index (χ1v) is 9.26. The second-order valence-electron chi connectivity index (χ2n) is 5.55. The fraction of sp³-hybridized carbons (Fsp3) is 0. The van der Waals surface area contributed by atoms with Crippen LogP contribution in [0.1, 0.15) is 9.75 Å². The molecule has 0 saturated heterocycles. The molecule has 0 aliphatic carbocycles. The molecular weight excluding hydrogens is 380 g/mol. The third-order valence-electron chi connectivity index (χ3n) is 3.86. The maximum absolute atomic E-state index is 14.4. The molecule has 6 heteroatoms. The molecule has 26 heavy (non-hydrogen) atoms. The lowest BCUT2D eigenvalue weighted by atomic mass is 10.2. The van der Waals surface area contributed by atoms with Crippen molar-refractivity contribution in [1.82, 2.24) is 0 Å². The number of hydrogen-bond acceptors (Lipinski definition) is 2. The van der Waals surface area contributed by atoms with Gasteiger partial charge in [0.2, 0.25) is 0 Å². The average molecular weight is 390 g/mol. The van der Waals surface area contributed by atoms with Gasteiger partial charge in [-0.15, -0.1) is 22.7 Å².